The number of carbonyl (C=O) groups excluding carboxylic acids is 3. The predicted molar refractivity (Wildman–Crippen MR) is 137 cm³/mol. The van der Waals surface area contributed by atoms with E-state index < -0.39 is 29.2 Å². The molecule has 2 atom stereocenters. The summed E-state index contributed by atoms with van der Waals surface area (Å²) >= 11 is 2.35. The number of aromatic nitrogens is 3. The fourth-order valence-electron chi connectivity index (χ4n) is 4.55. The van der Waals surface area contributed by atoms with E-state index in [0.717, 1.165) is 42.8 Å². The Kier molecular flexibility index (Phi) is 7.74. The van der Waals surface area contributed by atoms with E-state index in [-0.39, 0.29) is 28.3 Å². The summed E-state index contributed by atoms with van der Waals surface area (Å²) in [4.78, 5) is 48.5. The van der Waals surface area contributed by atoms with Crippen LogP contribution in [0.1, 0.15) is 41.9 Å². The number of carbonyl (C=O) groups is 3. The van der Waals surface area contributed by atoms with Gasteiger partial charge in [-0.15, -0.1) is 11.8 Å². The number of nitrogens with one attached hydrogen (secondary N) is 1. The summed E-state index contributed by atoms with van der Waals surface area (Å²) in [6.45, 7) is 0.321. The Labute approximate surface area is 230 Å². The van der Waals surface area contributed by atoms with E-state index in [9.17, 15) is 24.7 Å². The molecule has 1 saturated heterocycles. The molecule has 1 saturated carbocycles. The largest absolute Gasteiger partial charge is 0.545 e. The minimum absolute atomic E-state index is 0.0185. The van der Waals surface area contributed by atoms with Gasteiger partial charge in [0.1, 0.15) is 17.5 Å². The maximum Gasteiger partial charge on any atom is 0.278 e. The molecule has 3 aliphatic rings. The maximum absolute atomic E-state index is 13.2. The SMILES string of the molecule is Nc1nc(C(=NOC2CCCC2)C(=O)NC2C(=O)N3C(C=NO)=C(C[n+]4ccc(C(=O)[O-])cc4)CS[C@@H]23)ns1. The maximum atomic E-state index is 13.2. The van der Waals surface area contributed by atoms with E-state index in [4.69, 9.17) is 10.6 Å². The van der Waals surface area contributed by atoms with Crippen molar-refractivity contribution >= 4 is 58.1 Å². The lowest BCUT2D eigenvalue weighted by atomic mass is 10.0. The van der Waals surface area contributed by atoms with Gasteiger partial charge in [-0.2, -0.15) is 9.36 Å². The van der Waals surface area contributed by atoms with Crippen molar-refractivity contribution < 1.29 is 34.1 Å². The zero-order chi connectivity index (χ0) is 27.5. The van der Waals surface area contributed by atoms with Crippen LogP contribution in [-0.2, 0) is 21.0 Å². The molecule has 16 heteroatoms. The average molecular weight is 573 g/mol. The van der Waals surface area contributed by atoms with E-state index in [1.54, 1.807) is 17.0 Å². The summed E-state index contributed by atoms with van der Waals surface area (Å²) < 4.78 is 5.81. The van der Waals surface area contributed by atoms with Gasteiger partial charge in [0.05, 0.1) is 17.9 Å². The van der Waals surface area contributed by atoms with Crippen molar-refractivity contribution in [3.63, 3.8) is 0 Å². The number of hydrogen-bond acceptors (Lipinski definition) is 13. The van der Waals surface area contributed by atoms with Gasteiger partial charge in [-0.05, 0) is 25.7 Å². The van der Waals surface area contributed by atoms with Gasteiger partial charge < -0.3 is 31.0 Å². The number of oxime groups is 2. The second kappa shape index (κ2) is 11.4. The molecule has 1 aliphatic carbocycles. The zero-order valence-corrected chi connectivity index (χ0v) is 22.1. The fourth-order valence-corrected chi connectivity index (χ4v) is 6.34. The van der Waals surface area contributed by atoms with Gasteiger partial charge in [-0.3, -0.25) is 14.5 Å². The standard InChI is InChI=1S/C23H24N8O6S2/c24-23-27-18(29-39-23)16(28-37-14-3-1-2-4-14)19(32)26-17-20(33)31-15(9-25-36)13(11-38-21(17)31)10-30-7-5-12(6-8-30)22(34)35/h5-9,14,17,21H,1-4,10-11H2,(H4-,24,26,27,29,32,34,35,36)/t17?,21-/m0/s1. The lowest BCUT2D eigenvalue weighted by Gasteiger charge is -2.49. The summed E-state index contributed by atoms with van der Waals surface area (Å²) in [5.74, 6) is -1.86. The van der Waals surface area contributed by atoms with Crippen LogP contribution in [0, 0.1) is 0 Å². The number of β-lactam (4-membered cyclic amide) rings is 1. The van der Waals surface area contributed by atoms with Gasteiger partial charge in [-0.25, -0.2) is 4.57 Å². The molecule has 2 aliphatic heterocycles. The van der Waals surface area contributed by atoms with E-state index in [1.165, 1.54) is 35.0 Å². The number of allylic oxidation sites excluding steroid dienone is 1. The van der Waals surface area contributed by atoms with Crippen molar-refractivity contribution in [3.05, 3.63) is 47.2 Å². The molecule has 0 spiro atoms. The van der Waals surface area contributed by atoms with Crippen LogP contribution < -0.4 is 20.7 Å². The average Bonchev–Trinajstić information content (AvgIpc) is 3.60. The Morgan fingerprint density at radius 1 is 1.33 bits per heavy atom. The van der Waals surface area contributed by atoms with E-state index in [1.807, 2.05) is 0 Å². The number of carboxylic acid groups (broad SMARTS) is 1. The molecular formula is C23H24N8O6S2. The van der Waals surface area contributed by atoms with Crippen LogP contribution in [0.3, 0.4) is 0 Å². The van der Waals surface area contributed by atoms with E-state index >= 15 is 0 Å². The molecule has 204 valence electrons. The monoisotopic (exact) mass is 572 g/mol. The number of amides is 2. The first kappa shape index (κ1) is 26.6. The lowest BCUT2D eigenvalue weighted by Crippen LogP contribution is -2.70. The number of carboxylic acids is 1. The number of rotatable bonds is 9. The molecule has 39 heavy (non-hydrogen) atoms. The fraction of sp³-hybridized carbons (Fsp3) is 0.391. The number of aromatic carboxylic acids is 1. The molecule has 0 bridgehead atoms. The summed E-state index contributed by atoms with van der Waals surface area (Å²) in [6.07, 6.45) is 7.96. The highest BCUT2D eigenvalue weighted by molar-refractivity contribution is 8.00. The summed E-state index contributed by atoms with van der Waals surface area (Å²) in [5, 5.41) is 29.9. The summed E-state index contributed by atoms with van der Waals surface area (Å²) in [5.41, 5.74) is 6.76. The first-order chi connectivity index (χ1) is 18.9. The third-order valence-electron chi connectivity index (χ3n) is 6.52. The van der Waals surface area contributed by atoms with Crippen LogP contribution in [-0.4, -0.2) is 72.4 Å². The Morgan fingerprint density at radius 3 is 2.72 bits per heavy atom. The third-order valence-corrected chi connectivity index (χ3v) is 8.41. The number of nitrogen functional groups attached to an aromatic ring is 1. The van der Waals surface area contributed by atoms with Crippen molar-refractivity contribution in [3.8, 4) is 0 Å². The number of pyridine rings is 1. The number of nitrogens with zero attached hydrogens (tertiary/aromatic N) is 6. The van der Waals surface area contributed by atoms with Crippen LogP contribution in [0.5, 0.6) is 0 Å². The van der Waals surface area contributed by atoms with Gasteiger partial charge in [0, 0.05) is 40.6 Å². The molecule has 1 unspecified atom stereocenters. The Bertz CT molecular complexity index is 1370. The Balaban J connectivity index is 1.32. The van der Waals surface area contributed by atoms with Crippen LogP contribution in [0.15, 0.2) is 46.1 Å². The number of hydrogen-bond donors (Lipinski definition) is 3. The Morgan fingerprint density at radius 2 is 2.08 bits per heavy atom. The van der Waals surface area contributed by atoms with Crippen molar-refractivity contribution in [2.75, 3.05) is 11.5 Å². The lowest BCUT2D eigenvalue weighted by molar-refractivity contribution is -0.689. The summed E-state index contributed by atoms with van der Waals surface area (Å²) in [7, 11) is 0. The smallest absolute Gasteiger partial charge is 0.278 e. The highest BCUT2D eigenvalue weighted by atomic mass is 32.2. The minimum atomic E-state index is -1.28. The minimum Gasteiger partial charge on any atom is -0.545 e. The summed E-state index contributed by atoms with van der Waals surface area (Å²) in [6, 6.07) is 1.96. The number of fused-ring (bicyclic) bond motifs is 1. The van der Waals surface area contributed by atoms with Gasteiger partial charge in [0.25, 0.3) is 11.8 Å². The number of anilines is 1. The van der Waals surface area contributed by atoms with Crippen LogP contribution in [0.4, 0.5) is 5.13 Å². The number of nitrogens with two attached hydrogens (primary N) is 1. The molecule has 2 aromatic heterocycles. The number of thioether (sulfide) groups is 1. The third kappa shape index (κ3) is 5.56. The highest BCUT2D eigenvalue weighted by Gasteiger charge is 2.53. The Hall–Kier alpha value is -4.05. The molecule has 0 radical (unpaired) electrons. The molecule has 4 heterocycles. The second-order valence-corrected chi connectivity index (χ2v) is 10.9. The molecule has 14 nitrogen and oxygen atoms in total. The molecule has 4 N–H and O–H groups in total. The van der Waals surface area contributed by atoms with Gasteiger partial charge in [-0.1, -0.05) is 10.3 Å². The van der Waals surface area contributed by atoms with E-state index in [0.29, 0.717) is 18.0 Å². The first-order valence-corrected chi connectivity index (χ1v) is 13.9. The quantitative estimate of drug-likeness (QED) is 0.113. The molecule has 2 aromatic rings. The van der Waals surface area contributed by atoms with Crippen molar-refractivity contribution in [2.24, 2.45) is 10.3 Å². The van der Waals surface area contributed by atoms with E-state index in [2.05, 4.69) is 25.0 Å². The van der Waals surface area contributed by atoms with Crippen LogP contribution >= 0.6 is 23.3 Å². The van der Waals surface area contributed by atoms with Crippen molar-refractivity contribution in [1.29, 1.82) is 0 Å². The van der Waals surface area contributed by atoms with Crippen molar-refractivity contribution in [1.82, 2.24) is 19.6 Å². The first-order valence-electron chi connectivity index (χ1n) is 12.0. The van der Waals surface area contributed by atoms with Crippen molar-refractivity contribution in [2.45, 2.75) is 49.7 Å². The molecule has 5 rings (SSSR count). The second-order valence-electron chi connectivity index (χ2n) is 9.05. The van der Waals surface area contributed by atoms with Gasteiger partial charge in [0.15, 0.2) is 24.1 Å². The molecule has 2 amide bonds. The molecule has 2 fully saturated rings. The normalized spacial score (nSPS) is 21.7. The predicted octanol–water partition coefficient (Wildman–Crippen LogP) is -0.751. The van der Waals surface area contributed by atoms with Crippen LogP contribution in [0.25, 0.3) is 0 Å². The van der Waals surface area contributed by atoms with Gasteiger partial charge >= 0.3 is 0 Å². The molecular weight excluding hydrogens is 548 g/mol. The molecule has 0 aromatic carbocycles. The topological polar surface area (TPSA) is 199 Å². The zero-order valence-electron chi connectivity index (χ0n) is 20.4. The highest BCUT2D eigenvalue weighted by Crippen LogP contribution is 2.39. The van der Waals surface area contributed by atoms with Gasteiger partial charge in [0.2, 0.25) is 11.5 Å². The van der Waals surface area contributed by atoms with Crippen LogP contribution in [0.2, 0.25) is 0 Å².